The molecule has 2 rings (SSSR count). The monoisotopic (exact) mass is 349 g/mol. The van der Waals surface area contributed by atoms with Crippen molar-refractivity contribution in [1.82, 2.24) is 0 Å². The van der Waals surface area contributed by atoms with Crippen LogP contribution in [0.3, 0.4) is 0 Å². The van der Waals surface area contributed by atoms with Gasteiger partial charge < -0.3 is 4.90 Å². The Morgan fingerprint density at radius 3 is 2.65 bits per heavy atom. The average molecular weight is 350 g/mol. The van der Waals surface area contributed by atoms with Crippen LogP contribution < -0.4 is 4.90 Å². The third kappa shape index (κ3) is 3.48. The molecule has 20 heavy (non-hydrogen) atoms. The number of hydrogen-bond acceptors (Lipinski definition) is 1. The molecule has 1 saturated heterocycles. The molecule has 1 heterocycles. The van der Waals surface area contributed by atoms with E-state index in [1.165, 1.54) is 6.07 Å². The standard InChI is InChI=1S/C15H19BrF3N/c1-11-5-3-2-4-8-20(11)13-7-6-12(10-16)14(9-13)15(17,18)19/h6-7,9,11H,2-5,8,10H2,1H3. The van der Waals surface area contributed by atoms with Crippen molar-refractivity contribution in [2.45, 2.75) is 50.2 Å². The van der Waals surface area contributed by atoms with Crippen LogP contribution in [0.4, 0.5) is 18.9 Å². The van der Waals surface area contributed by atoms with Crippen molar-refractivity contribution in [3.8, 4) is 0 Å². The second-order valence-corrected chi connectivity index (χ2v) is 5.93. The van der Waals surface area contributed by atoms with E-state index in [9.17, 15) is 13.2 Å². The van der Waals surface area contributed by atoms with Crippen molar-refractivity contribution in [3.63, 3.8) is 0 Å². The van der Waals surface area contributed by atoms with E-state index in [0.29, 0.717) is 17.3 Å². The Morgan fingerprint density at radius 2 is 2.00 bits per heavy atom. The average Bonchev–Trinajstić information content (AvgIpc) is 2.62. The normalized spacial score (nSPS) is 20.9. The lowest BCUT2D eigenvalue weighted by molar-refractivity contribution is -0.138. The number of anilines is 1. The summed E-state index contributed by atoms with van der Waals surface area (Å²) in [5.41, 5.74) is 0.462. The van der Waals surface area contributed by atoms with E-state index in [2.05, 4.69) is 27.8 Å². The molecule has 1 nitrogen and oxygen atoms in total. The summed E-state index contributed by atoms with van der Waals surface area (Å²) >= 11 is 3.13. The molecule has 1 aromatic carbocycles. The van der Waals surface area contributed by atoms with Crippen LogP contribution in [-0.4, -0.2) is 12.6 Å². The van der Waals surface area contributed by atoms with Crippen LogP contribution in [0.5, 0.6) is 0 Å². The fourth-order valence-corrected chi connectivity index (χ4v) is 3.27. The van der Waals surface area contributed by atoms with E-state index in [4.69, 9.17) is 0 Å². The van der Waals surface area contributed by atoms with Gasteiger partial charge in [-0.05, 0) is 37.5 Å². The zero-order chi connectivity index (χ0) is 14.8. The maximum atomic E-state index is 13.1. The van der Waals surface area contributed by atoms with Crippen LogP contribution in [-0.2, 0) is 11.5 Å². The number of rotatable bonds is 2. The Labute approximate surface area is 126 Å². The maximum Gasteiger partial charge on any atom is 0.416 e. The van der Waals surface area contributed by atoms with Gasteiger partial charge in [0.05, 0.1) is 5.56 Å². The lowest BCUT2D eigenvalue weighted by Crippen LogP contribution is -2.32. The van der Waals surface area contributed by atoms with Gasteiger partial charge in [0.1, 0.15) is 0 Å². The molecule has 1 unspecified atom stereocenters. The smallest absolute Gasteiger partial charge is 0.369 e. The highest BCUT2D eigenvalue weighted by molar-refractivity contribution is 9.08. The van der Waals surface area contributed by atoms with Crippen LogP contribution in [0.2, 0.25) is 0 Å². The summed E-state index contributed by atoms with van der Waals surface area (Å²) in [6, 6.07) is 5.00. The highest BCUT2D eigenvalue weighted by atomic mass is 79.9. The zero-order valence-electron chi connectivity index (χ0n) is 11.5. The Balaban J connectivity index is 2.37. The van der Waals surface area contributed by atoms with Gasteiger partial charge in [0, 0.05) is 23.6 Å². The summed E-state index contributed by atoms with van der Waals surface area (Å²) in [4.78, 5) is 2.11. The van der Waals surface area contributed by atoms with Gasteiger partial charge in [-0.2, -0.15) is 13.2 Å². The molecule has 0 spiro atoms. The summed E-state index contributed by atoms with van der Waals surface area (Å²) in [6.07, 6.45) is 0.108. The molecule has 0 aliphatic carbocycles. The Bertz CT molecular complexity index is 459. The van der Waals surface area contributed by atoms with E-state index in [-0.39, 0.29) is 5.33 Å². The van der Waals surface area contributed by atoms with E-state index in [1.54, 1.807) is 6.07 Å². The summed E-state index contributed by atoms with van der Waals surface area (Å²) in [7, 11) is 0. The molecule has 5 heteroatoms. The van der Waals surface area contributed by atoms with Crippen LogP contribution in [0.1, 0.15) is 43.7 Å². The molecule has 0 saturated carbocycles. The van der Waals surface area contributed by atoms with Crippen molar-refractivity contribution >= 4 is 21.6 Å². The number of alkyl halides is 4. The SMILES string of the molecule is CC1CCCCCN1c1ccc(CBr)c(C(F)(F)F)c1. The highest BCUT2D eigenvalue weighted by Crippen LogP contribution is 2.36. The minimum atomic E-state index is -4.30. The summed E-state index contributed by atoms with van der Waals surface area (Å²) in [5, 5.41) is 0.220. The number of benzene rings is 1. The predicted octanol–water partition coefficient (Wildman–Crippen LogP) is 5.37. The highest BCUT2D eigenvalue weighted by Gasteiger charge is 2.34. The quantitative estimate of drug-likeness (QED) is 0.648. The predicted molar refractivity (Wildman–Crippen MR) is 79.4 cm³/mol. The van der Waals surface area contributed by atoms with Crippen molar-refractivity contribution in [1.29, 1.82) is 0 Å². The molecule has 112 valence electrons. The van der Waals surface area contributed by atoms with Gasteiger partial charge in [0.25, 0.3) is 0 Å². The first-order chi connectivity index (χ1) is 9.43. The second kappa shape index (κ2) is 6.37. The first-order valence-electron chi connectivity index (χ1n) is 6.96. The van der Waals surface area contributed by atoms with Gasteiger partial charge in [-0.3, -0.25) is 0 Å². The Hall–Kier alpha value is -0.710. The van der Waals surface area contributed by atoms with Gasteiger partial charge >= 0.3 is 6.18 Å². The summed E-state index contributed by atoms with van der Waals surface area (Å²) < 4.78 is 39.4. The number of halogens is 4. The minimum Gasteiger partial charge on any atom is -0.369 e. The third-order valence-electron chi connectivity index (χ3n) is 3.93. The van der Waals surface area contributed by atoms with Gasteiger partial charge in [0.2, 0.25) is 0 Å². The number of nitrogens with zero attached hydrogens (tertiary/aromatic N) is 1. The van der Waals surface area contributed by atoms with Crippen LogP contribution in [0.15, 0.2) is 18.2 Å². The Morgan fingerprint density at radius 1 is 1.25 bits per heavy atom. The molecule has 1 aliphatic rings. The molecule has 0 radical (unpaired) electrons. The molecule has 0 aromatic heterocycles. The molecule has 1 atom stereocenters. The van der Waals surface area contributed by atoms with Crippen molar-refractivity contribution < 1.29 is 13.2 Å². The van der Waals surface area contributed by atoms with Crippen molar-refractivity contribution in [2.24, 2.45) is 0 Å². The molecule has 1 fully saturated rings. The molecule has 1 aromatic rings. The lowest BCUT2D eigenvalue weighted by atomic mass is 10.1. The molecule has 0 amide bonds. The van der Waals surface area contributed by atoms with E-state index >= 15 is 0 Å². The van der Waals surface area contributed by atoms with Crippen LogP contribution >= 0.6 is 15.9 Å². The van der Waals surface area contributed by atoms with Crippen molar-refractivity contribution in [3.05, 3.63) is 29.3 Å². The molecule has 0 N–H and O–H groups in total. The maximum absolute atomic E-state index is 13.1. The van der Waals surface area contributed by atoms with Gasteiger partial charge in [-0.15, -0.1) is 0 Å². The first kappa shape index (κ1) is 15.7. The topological polar surface area (TPSA) is 3.24 Å². The second-order valence-electron chi connectivity index (χ2n) is 5.36. The van der Waals surface area contributed by atoms with Gasteiger partial charge in [-0.25, -0.2) is 0 Å². The molecule has 0 bridgehead atoms. The summed E-state index contributed by atoms with van der Waals surface area (Å²) in [5.74, 6) is 0. The fourth-order valence-electron chi connectivity index (χ4n) is 2.78. The van der Waals surface area contributed by atoms with E-state index in [0.717, 1.165) is 32.2 Å². The first-order valence-corrected chi connectivity index (χ1v) is 8.08. The fraction of sp³-hybridized carbons (Fsp3) is 0.600. The zero-order valence-corrected chi connectivity index (χ0v) is 13.1. The number of hydrogen-bond donors (Lipinski definition) is 0. The van der Waals surface area contributed by atoms with Crippen LogP contribution in [0, 0.1) is 0 Å². The van der Waals surface area contributed by atoms with Gasteiger partial charge in [0.15, 0.2) is 0 Å². The lowest BCUT2D eigenvalue weighted by Gasteiger charge is -2.30. The Kier molecular flexibility index (Phi) is 4.99. The van der Waals surface area contributed by atoms with Crippen LogP contribution in [0.25, 0.3) is 0 Å². The summed E-state index contributed by atoms with van der Waals surface area (Å²) in [6.45, 7) is 2.93. The van der Waals surface area contributed by atoms with E-state index in [1.807, 2.05) is 6.07 Å². The molecular weight excluding hydrogens is 331 g/mol. The molecular formula is C15H19BrF3N. The molecule has 1 aliphatic heterocycles. The largest absolute Gasteiger partial charge is 0.416 e. The van der Waals surface area contributed by atoms with E-state index < -0.39 is 11.7 Å². The third-order valence-corrected chi connectivity index (χ3v) is 4.53. The van der Waals surface area contributed by atoms with Gasteiger partial charge in [-0.1, -0.05) is 34.8 Å². The van der Waals surface area contributed by atoms with Crippen molar-refractivity contribution in [2.75, 3.05) is 11.4 Å². The minimum absolute atomic E-state index is 0.220.